The van der Waals surface area contributed by atoms with Crippen LogP contribution in [0.25, 0.3) is 5.65 Å². The normalized spacial score (nSPS) is 13.2. The summed E-state index contributed by atoms with van der Waals surface area (Å²) >= 11 is 4.96. The molecule has 15 heavy (non-hydrogen) atoms. The SMILES string of the molecule is CC(O)c1c(N)nc(=S)n2[nH]c(N)nc12. The van der Waals surface area contributed by atoms with Gasteiger partial charge in [-0.05, 0) is 19.1 Å². The summed E-state index contributed by atoms with van der Waals surface area (Å²) in [5, 5.41) is 12.2. The average molecular weight is 226 g/mol. The van der Waals surface area contributed by atoms with Crippen molar-refractivity contribution in [1.82, 2.24) is 19.6 Å². The summed E-state index contributed by atoms with van der Waals surface area (Å²) in [4.78, 5) is 7.90. The minimum absolute atomic E-state index is 0.168. The maximum Gasteiger partial charge on any atom is 0.222 e. The van der Waals surface area contributed by atoms with Gasteiger partial charge in [-0.25, -0.2) is 9.50 Å². The quantitative estimate of drug-likeness (QED) is 0.508. The van der Waals surface area contributed by atoms with Crippen molar-refractivity contribution < 1.29 is 5.11 Å². The molecule has 2 rings (SSSR count). The molecule has 1 atom stereocenters. The number of anilines is 2. The van der Waals surface area contributed by atoms with Gasteiger partial charge in [0.1, 0.15) is 5.82 Å². The highest BCUT2D eigenvalue weighted by atomic mass is 32.1. The molecule has 0 radical (unpaired) electrons. The zero-order valence-corrected chi connectivity index (χ0v) is 8.75. The van der Waals surface area contributed by atoms with Crippen LogP contribution < -0.4 is 11.5 Å². The van der Waals surface area contributed by atoms with Gasteiger partial charge in [-0.1, -0.05) is 0 Å². The second-order valence-electron chi connectivity index (χ2n) is 3.14. The molecule has 0 amide bonds. The summed E-state index contributed by atoms with van der Waals surface area (Å²) in [7, 11) is 0. The Bertz CT molecular complexity index is 571. The second kappa shape index (κ2) is 3.17. The Morgan fingerprint density at radius 1 is 1.47 bits per heavy atom. The molecule has 0 bridgehead atoms. The lowest BCUT2D eigenvalue weighted by molar-refractivity contribution is 0.200. The molecular formula is C7H10N6OS. The van der Waals surface area contributed by atoms with Crippen LogP contribution in [0.15, 0.2) is 0 Å². The van der Waals surface area contributed by atoms with E-state index in [9.17, 15) is 5.11 Å². The average Bonchev–Trinajstić information content (AvgIpc) is 2.45. The number of nitrogens with zero attached hydrogens (tertiary/aromatic N) is 3. The van der Waals surface area contributed by atoms with E-state index in [0.29, 0.717) is 11.2 Å². The van der Waals surface area contributed by atoms with Crippen LogP contribution in [0.1, 0.15) is 18.6 Å². The van der Waals surface area contributed by atoms with E-state index < -0.39 is 6.10 Å². The summed E-state index contributed by atoms with van der Waals surface area (Å²) in [6.45, 7) is 1.57. The Balaban J connectivity index is 2.95. The van der Waals surface area contributed by atoms with Gasteiger partial charge in [-0.15, -0.1) is 0 Å². The summed E-state index contributed by atoms with van der Waals surface area (Å²) < 4.78 is 1.62. The molecule has 0 saturated carbocycles. The lowest BCUT2D eigenvalue weighted by atomic mass is 10.2. The number of aromatic nitrogens is 4. The van der Waals surface area contributed by atoms with Crippen molar-refractivity contribution >= 4 is 29.6 Å². The lowest BCUT2D eigenvalue weighted by Crippen LogP contribution is -2.07. The van der Waals surface area contributed by atoms with Crippen molar-refractivity contribution in [3.63, 3.8) is 0 Å². The largest absolute Gasteiger partial charge is 0.388 e. The molecule has 0 aliphatic carbocycles. The number of hydrogen-bond donors (Lipinski definition) is 4. The van der Waals surface area contributed by atoms with Gasteiger partial charge in [0.05, 0.1) is 11.7 Å². The fraction of sp³-hybridized carbons (Fsp3) is 0.286. The molecule has 7 nitrogen and oxygen atoms in total. The van der Waals surface area contributed by atoms with Gasteiger partial charge in [0.15, 0.2) is 5.65 Å². The summed E-state index contributed by atoms with van der Waals surface area (Å²) in [6, 6.07) is 0. The van der Waals surface area contributed by atoms with Gasteiger partial charge < -0.3 is 16.6 Å². The van der Waals surface area contributed by atoms with Crippen LogP contribution in [0.3, 0.4) is 0 Å². The highest BCUT2D eigenvalue weighted by Crippen LogP contribution is 2.22. The van der Waals surface area contributed by atoms with Crippen molar-refractivity contribution in [2.75, 3.05) is 11.5 Å². The number of aromatic amines is 1. The number of nitrogen functional groups attached to an aromatic ring is 2. The third-order valence-electron chi connectivity index (χ3n) is 2.01. The smallest absolute Gasteiger partial charge is 0.222 e. The summed E-state index contributed by atoms with van der Waals surface area (Å²) in [6.07, 6.45) is -0.786. The zero-order chi connectivity index (χ0) is 11.2. The first kappa shape index (κ1) is 9.87. The van der Waals surface area contributed by atoms with E-state index in [1.807, 2.05) is 0 Å². The molecule has 0 aromatic carbocycles. The number of aliphatic hydroxyl groups is 1. The van der Waals surface area contributed by atoms with Gasteiger partial charge in [-0.2, -0.15) is 4.98 Å². The van der Waals surface area contributed by atoms with Gasteiger partial charge in [0, 0.05) is 0 Å². The van der Waals surface area contributed by atoms with Crippen molar-refractivity contribution in [2.24, 2.45) is 0 Å². The minimum atomic E-state index is -0.786. The van der Waals surface area contributed by atoms with Gasteiger partial charge >= 0.3 is 0 Å². The Hall–Kier alpha value is -1.67. The first-order valence-corrected chi connectivity index (χ1v) is 4.63. The predicted molar refractivity (Wildman–Crippen MR) is 57.6 cm³/mol. The number of H-pyrrole nitrogens is 1. The number of nitrogens with two attached hydrogens (primary N) is 2. The number of aliphatic hydroxyl groups excluding tert-OH is 1. The van der Waals surface area contributed by atoms with Crippen molar-refractivity contribution in [3.05, 3.63) is 10.3 Å². The molecule has 2 aromatic rings. The molecule has 2 heterocycles. The monoisotopic (exact) mass is 226 g/mol. The molecule has 8 heteroatoms. The molecule has 6 N–H and O–H groups in total. The van der Waals surface area contributed by atoms with Crippen LogP contribution in [0.4, 0.5) is 11.8 Å². The topological polar surface area (TPSA) is 118 Å². The molecule has 0 aliphatic heterocycles. The predicted octanol–water partition coefficient (Wildman–Crippen LogP) is 0.00459. The van der Waals surface area contributed by atoms with E-state index in [0.717, 1.165) is 0 Å². The fourth-order valence-corrected chi connectivity index (χ4v) is 1.63. The van der Waals surface area contributed by atoms with E-state index in [-0.39, 0.29) is 16.5 Å². The summed E-state index contributed by atoms with van der Waals surface area (Å²) in [5.41, 5.74) is 12.0. The number of hydrogen-bond acceptors (Lipinski definition) is 6. The Labute approximate surface area is 89.7 Å². The molecule has 0 saturated heterocycles. The first-order valence-electron chi connectivity index (χ1n) is 4.22. The Morgan fingerprint density at radius 2 is 2.13 bits per heavy atom. The number of rotatable bonds is 1. The maximum atomic E-state index is 9.54. The van der Waals surface area contributed by atoms with Crippen molar-refractivity contribution in [3.8, 4) is 0 Å². The Kier molecular flexibility index (Phi) is 2.09. The molecule has 0 spiro atoms. The van der Waals surface area contributed by atoms with Gasteiger partial charge in [0.2, 0.25) is 10.7 Å². The third kappa shape index (κ3) is 1.43. The van der Waals surface area contributed by atoms with E-state index >= 15 is 0 Å². The third-order valence-corrected chi connectivity index (χ3v) is 2.28. The fourth-order valence-electron chi connectivity index (χ4n) is 1.40. The van der Waals surface area contributed by atoms with Crippen LogP contribution in [0.5, 0.6) is 0 Å². The van der Waals surface area contributed by atoms with Crippen LogP contribution in [-0.2, 0) is 0 Å². The van der Waals surface area contributed by atoms with E-state index in [1.54, 1.807) is 6.92 Å². The summed E-state index contributed by atoms with van der Waals surface area (Å²) in [5.74, 6) is 0.358. The number of fused-ring (bicyclic) bond motifs is 1. The molecule has 1 unspecified atom stereocenters. The minimum Gasteiger partial charge on any atom is -0.388 e. The lowest BCUT2D eigenvalue weighted by Gasteiger charge is -2.07. The van der Waals surface area contributed by atoms with E-state index in [2.05, 4.69) is 15.1 Å². The zero-order valence-electron chi connectivity index (χ0n) is 7.93. The first-order chi connectivity index (χ1) is 7.00. The maximum absolute atomic E-state index is 9.54. The number of nitrogens with one attached hydrogen (secondary N) is 1. The molecular weight excluding hydrogens is 216 g/mol. The standard InChI is InChI=1S/C7H10N6OS/c1-2(14)3-4(8)10-7(15)13-5(3)11-6(9)12-13/h2,14H,1H3,(H2,8,10,15)(H3,9,11,12). The second-order valence-corrected chi connectivity index (χ2v) is 3.50. The molecule has 0 aliphatic rings. The van der Waals surface area contributed by atoms with Crippen molar-refractivity contribution in [1.29, 1.82) is 0 Å². The van der Waals surface area contributed by atoms with Crippen LogP contribution >= 0.6 is 12.2 Å². The van der Waals surface area contributed by atoms with Crippen LogP contribution in [0.2, 0.25) is 0 Å². The van der Waals surface area contributed by atoms with E-state index in [1.165, 1.54) is 4.52 Å². The molecule has 0 fully saturated rings. The van der Waals surface area contributed by atoms with Crippen LogP contribution in [0, 0.1) is 4.77 Å². The molecule has 2 aromatic heterocycles. The van der Waals surface area contributed by atoms with Gasteiger partial charge in [-0.3, -0.25) is 5.10 Å². The Morgan fingerprint density at radius 3 is 2.73 bits per heavy atom. The highest BCUT2D eigenvalue weighted by Gasteiger charge is 2.15. The highest BCUT2D eigenvalue weighted by molar-refractivity contribution is 7.71. The van der Waals surface area contributed by atoms with Gasteiger partial charge in [0.25, 0.3) is 0 Å². The van der Waals surface area contributed by atoms with Crippen LogP contribution in [-0.4, -0.2) is 24.7 Å². The molecule has 80 valence electrons. The van der Waals surface area contributed by atoms with Crippen molar-refractivity contribution in [2.45, 2.75) is 13.0 Å². The van der Waals surface area contributed by atoms with E-state index in [4.69, 9.17) is 23.7 Å².